The van der Waals surface area contributed by atoms with E-state index in [1.165, 1.54) is 5.32 Å². The predicted octanol–water partition coefficient (Wildman–Crippen LogP) is 0.0843. The standard InChI is InChI=1S/C10H15BrF3N3O4/c11-4-7(18)17-6(15)3-1-2-5(8(19)20)16-9(21)10(12,13)14/h5-6H,1-4,15H2,(H,16,21)(H,17,18)(H,19,20)/t5-,6?/m0/s1. The van der Waals surface area contributed by atoms with E-state index in [1.807, 2.05) is 0 Å². The van der Waals surface area contributed by atoms with Crippen molar-refractivity contribution in [3.8, 4) is 0 Å². The van der Waals surface area contributed by atoms with Gasteiger partial charge in [-0.15, -0.1) is 0 Å². The Kier molecular flexibility index (Phi) is 8.25. The maximum absolute atomic E-state index is 12.0. The number of carbonyl (C=O) groups excluding carboxylic acids is 2. The summed E-state index contributed by atoms with van der Waals surface area (Å²) in [6.07, 6.45) is -5.87. The number of carboxylic acid groups (broad SMARTS) is 1. The molecule has 0 spiro atoms. The largest absolute Gasteiger partial charge is 0.480 e. The van der Waals surface area contributed by atoms with E-state index < -0.39 is 30.3 Å². The minimum absolute atomic E-state index is 0.0418. The zero-order valence-electron chi connectivity index (χ0n) is 10.7. The predicted molar refractivity (Wildman–Crippen MR) is 69.4 cm³/mol. The quantitative estimate of drug-likeness (QED) is 0.352. The molecule has 2 amide bonds. The highest BCUT2D eigenvalue weighted by atomic mass is 79.9. The molecule has 1 unspecified atom stereocenters. The van der Waals surface area contributed by atoms with Gasteiger partial charge in [0.05, 0.1) is 11.5 Å². The molecule has 0 aliphatic heterocycles. The van der Waals surface area contributed by atoms with Gasteiger partial charge in [0, 0.05) is 0 Å². The molecular formula is C10H15BrF3N3O4. The molecule has 5 N–H and O–H groups in total. The summed E-state index contributed by atoms with van der Waals surface area (Å²) in [7, 11) is 0. The third-order valence-electron chi connectivity index (χ3n) is 2.34. The van der Waals surface area contributed by atoms with Crippen molar-refractivity contribution in [3.05, 3.63) is 0 Å². The molecule has 0 aromatic rings. The maximum atomic E-state index is 12.0. The number of carboxylic acids is 1. The van der Waals surface area contributed by atoms with E-state index in [9.17, 15) is 27.6 Å². The molecule has 0 saturated heterocycles. The van der Waals surface area contributed by atoms with E-state index in [0.717, 1.165) is 0 Å². The number of amides is 2. The number of nitrogens with one attached hydrogen (secondary N) is 2. The van der Waals surface area contributed by atoms with Crippen LogP contribution in [0.4, 0.5) is 13.2 Å². The number of rotatable bonds is 8. The molecular weight excluding hydrogens is 363 g/mol. The van der Waals surface area contributed by atoms with Crippen LogP contribution in [0.2, 0.25) is 0 Å². The Morgan fingerprint density at radius 1 is 1.19 bits per heavy atom. The van der Waals surface area contributed by atoms with Crippen LogP contribution in [-0.2, 0) is 14.4 Å². The highest BCUT2D eigenvalue weighted by Crippen LogP contribution is 2.15. The first-order chi connectivity index (χ1) is 9.57. The highest BCUT2D eigenvalue weighted by molar-refractivity contribution is 9.09. The Labute approximate surface area is 126 Å². The molecule has 0 saturated carbocycles. The first kappa shape index (κ1) is 19.6. The molecule has 0 heterocycles. The van der Waals surface area contributed by atoms with Gasteiger partial charge in [-0.2, -0.15) is 13.2 Å². The van der Waals surface area contributed by atoms with Gasteiger partial charge in [0.25, 0.3) is 0 Å². The zero-order chi connectivity index (χ0) is 16.6. The van der Waals surface area contributed by atoms with Gasteiger partial charge in [0.1, 0.15) is 6.04 Å². The third-order valence-corrected chi connectivity index (χ3v) is 2.85. The highest BCUT2D eigenvalue weighted by Gasteiger charge is 2.40. The molecule has 0 radical (unpaired) electrons. The Morgan fingerprint density at radius 3 is 2.19 bits per heavy atom. The molecule has 0 aromatic carbocycles. The lowest BCUT2D eigenvalue weighted by atomic mass is 10.1. The summed E-state index contributed by atoms with van der Waals surface area (Å²) in [5, 5.41) is 12.5. The number of halogens is 4. The molecule has 0 aromatic heterocycles. The van der Waals surface area contributed by atoms with Gasteiger partial charge < -0.3 is 21.5 Å². The molecule has 0 rings (SSSR count). The van der Waals surface area contributed by atoms with Crippen LogP contribution in [0.15, 0.2) is 0 Å². The number of hydrogen-bond donors (Lipinski definition) is 4. The average molecular weight is 378 g/mol. The van der Waals surface area contributed by atoms with Gasteiger partial charge in [-0.1, -0.05) is 15.9 Å². The summed E-state index contributed by atoms with van der Waals surface area (Å²) in [6.45, 7) is 0. The van der Waals surface area contributed by atoms with Crippen LogP contribution >= 0.6 is 15.9 Å². The minimum atomic E-state index is -5.14. The summed E-state index contributed by atoms with van der Waals surface area (Å²) in [5.74, 6) is -4.26. The van der Waals surface area contributed by atoms with Gasteiger partial charge in [-0.25, -0.2) is 4.79 Å². The summed E-state index contributed by atoms with van der Waals surface area (Å²) in [4.78, 5) is 32.4. The zero-order valence-corrected chi connectivity index (χ0v) is 12.3. The summed E-state index contributed by atoms with van der Waals surface area (Å²) >= 11 is 2.90. The van der Waals surface area contributed by atoms with E-state index in [-0.39, 0.29) is 30.5 Å². The van der Waals surface area contributed by atoms with Crippen molar-refractivity contribution in [2.75, 3.05) is 5.33 Å². The van der Waals surface area contributed by atoms with Crippen molar-refractivity contribution in [3.63, 3.8) is 0 Å². The van der Waals surface area contributed by atoms with Crippen molar-refractivity contribution < 1.29 is 32.7 Å². The normalized spacial score (nSPS) is 14.1. The summed E-state index contributed by atoms with van der Waals surface area (Å²) in [6, 6.07) is -1.67. The molecule has 0 fully saturated rings. The van der Waals surface area contributed by atoms with Crippen LogP contribution in [0.25, 0.3) is 0 Å². The van der Waals surface area contributed by atoms with Crippen LogP contribution in [-0.4, -0.2) is 46.6 Å². The fourth-order valence-electron chi connectivity index (χ4n) is 1.36. The van der Waals surface area contributed by atoms with Gasteiger partial charge in [0.2, 0.25) is 5.91 Å². The summed E-state index contributed by atoms with van der Waals surface area (Å²) in [5.41, 5.74) is 5.52. The molecule has 11 heteroatoms. The monoisotopic (exact) mass is 377 g/mol. The fraction of sp³-hybridized carbons (Fsp3) is 0.700. The van der Waals surface area contributed by atoms with E-state index in [1.54, 1.807) is 0 Å². The smallest absolute Gasteiger partial charge is 0.471 e. The maximum Gasteiger partial charge on any atom is 0.471 e. The second kappa shape index (κ2) is 8.82. The van der Waals surface area contributed by atoms with Gasteiger partial charge in [0.15, 0.2) is 0 Å². The van der Waals surface area contributed by atoms with Crippen LogP contribution in [0.3, 0.4) is 0 Å². The summed E-state index contributed by atoms with van der Waals surface area (Å²) < 4.78 is 36.1. The Hall–Kier alpha value is -1.36. The van der Waals surface area contributed by atoms with Crippen molar-refractivity contribution in [2.24, 2.45) is 5.73 Å². The van der Waals surface area contributed by atoms with Crippen molar-refractivity contribution >= 4 is 33.7 Å². The molecule has 21 heavy (non-hydrogen) atoms. The topological polar surface area (TPSA) is 122 Å². The van der Waals surface area contributed by atoms with E-state index >= 15 is 0 Å². The molecule has 2 atom stereocenters. The number of carbonyl (C=O) groups is 3. The van der Waals surface area contributed by atoms with Crippen LogP contribution in [0.5, 0.6) is 0 Å². The first-order valence-electron chi connectivity index (χ1n) is 5.79. The molecule has 122 valence electrons. The van der Waals surface area contributed by atoms with Crippen molar-refractivity contribution in [2.45, 2.75) is 37.6 Å². The van der Waals surface area contributed by atoms with Crippen LogP contribution < -0.4 is 16.4 Å². The third kappa shape index (κ3) is 8.50. The fourth-order valence-corrected chi connectivity index (χ4v) is 1.52. The lowest BCUT2D eigenvalue weighted by Crippen LogP contribution is -2.47. The molecule has 0 aliphatic carbocycles. The van der Waals surface area contributed by atoms with Crippen LogP contribution in [0.1, 0.15) is 19.3 Å². The Morgan fingerprint density at radius 2 is 1.76 bits per heavy atom. The lowest BCUT2D eigenvalue weighted by molar-refractivity contribution is -0.175. The van der Waals surface area contributed by atoms with Crippen molar-refractivity contribution in [1.82, 2.24) is 10.6 Å². The molecule has 7 nitrogen and oxygen atoms in total. The SMILES string of the molecule is NC(CCC[C@H](NC(=O)C(F)(F)F)C(=O)O)NC(=O)CBr. The number of hydrogen-bond acceptors (Lipinski definition) is 4. The van der Waals surface area contributed by atoms with Crippen molar-refractivity contribution in [1.29, 1.82) is 0 Å². The Bertz CT molecular complexity index is 392. The second-order valence-corrected chi connectivity index (χ2v) is 4.66. The minimum Gasteiger partial charge on any atom is -0.480 e. The van der Waals surface area contributed by atoms with E-state index in [2.05, 4.69) is 21.2 Å². The molecule has 0 bridgehead atoms. The number of nitrogens with two attached hydrogens (primary N) is 1. The number of alkyl halides is 4. The average Bonchev–Trinajstić information content (AvgIpc) is 2.35. The Balaban J connectivity index is 4.26. The van der Waals surface area contributed by atoms with Gasteiger partial charge >= 0.3 is 18.1 Å². The lowest BCUT2D eigenvalue weighted by Gasteiger charge is -2.17. The van der Waals surface area contributed by atoms with Gasteiger partial charge in [-0.3, -0.25) is 9.59 Å². The second-order valence-electron chi connectivity index (χ2n) is 4.10. The van der Waals surface area contributed by atoms with E-state index in [4.69, 9.17) is 10.8 Å². The number of aliphatic carboxylic acids is 1. The first-order valence-corrected chi connectivity index (χ1v) is 6.91. The van der Waals surface area contributed by atoms with E-state index in [0.29, 0.717) is 0 Å². The van der Waals surface area contributed by atoms with Crippen LogP contribution in [0, 0.1) is 0 Å². The van der Waals surface area contributed by atoms with Gasteiger partial charge in [-0.05, 0) is 19.3 Å². The molecule has 0 aliphatic rings.